The molecule has 0 saturated carbocycles. The molecule has 4 nitrogen and oxygen atoms in total. The Bertz CT molecular complexity index is 1530. The van der Waals surface area contributed by atoms with Gasteiger partial charge in [0.15, 0.2) is 0 Å². The van der Waals surface area contributed by atoms with Crippen LogP contribution in [0, 0.1) is 12.8 Å². The highest BCUT2D eigenvalue weighted by molar-refractivity contribution is 5.53. The van der Waals surface area contributed by atoms with Crippen molar-refractivity contribution in [2.45, 2.75) is 51.0 Å². The zero-order valence-electron chi connectivity index (χ0n) is 27.3. The molecule has 2 fully saturated rings. The number of benzene rings is 4. The average molecular weight is 599 g/mol. The average Bonchev–Trinajstić information content (AvgIpc) is 3.10. The van der Waals surface area contributed by atoms with Crippen LogP contribution in [-0.4, -0.2) is 57.8 Å². The Hall–Kier alpha value is -3.60. The van der Waals surface area contributed by atoms with E-state index in [2.05, 4.69) is 124 Å². The van der Waals surface area contributed by atoms with Crippen molar-refractivity contribution in [3.8, 4) is 0 Å². The van der Waals surface area contributed by atoms with Crippen LogP contribution >= 0.6 is 0 Å². The number of piperidine rings is 1. The molecular weight excluding hydrogens is 548 g/mol. The van der Waals surface area contributed by atoms with Gasteiger partial charge >= 0.3 is 0 Å². The second-order valence-corrected chi connectivity index (χ2v) is 13.7. The van der Waals surface area contributed by atoms with Crippen molar-refractivity contribution in [2.75, 3.05) is 62.7 Å². The van der Waals surface area contributed by atoms with Crippen LogP contribution in [-0.2, 0) is 13.0 Å². The highest BCUT2D eigenvalue weighted by atomic mass is 15.3. The summed E-state index contributed by atoms with van der Waals surface area (Å²) in [6, 6.07) is 37.0. The molecule has 2 heterocycles. The summed E-state index contributed by atoms with van der Waals surface area (Å²) in [4.78, 5) is 7.93. The summed E-state index contributed by atoms with van der Waals surface area (Å²) in [5.74, 6) is 1.75. The zero-order chi connectivity index (χ0) is 30.6. The maximum atomic E-state index is 3.32. The molecule has 4 aromatic carbocycles. The summed E-state index contributed by atoms with van der Waals surface area (Å²) < 4.78 is 0. The molecule has 0 spiro atoms. The molecule has 4 heteroatoms. The van der Waals surface area contributed by atoms with Crippen molar-refractivity contribution in [1.29, 1.82) is 0 Å². The molecule has 4 aromatic rings. The Labute approximate surface area is 271 Å². The zero-order valence-corrected chi connectivity index (χ0v) is 27.3. The van der Waals surface area contributed by atoms with Crippen LogP contribution in [0.3, 0.4) is 0 Å². The fourth-order valence-electron chi connectivity index (χ4n) is 8.29. The Morgan fingerprint density at radius 1 is 0.667 bits per heavy atom. The third-order valence-electron chi connectivity index (χ3n) is 10.9. The van der Waals surface area contributed by atoms with E-state index in [1.807, 2.05) is 7.05 Å². The lowest BCUT2D eigenvalue weighted by molar-refractivity contribution is 0.201. The minimum Gasteiger partial charge on any atom is -0.372 e. The number of nitrogens with zero attached hydrogens (tertiary/aromatic N) is 3. The Morgan fingerprint density at radius 3 is 2.11 bits per heavy atom. The second kappa shape index (κ2) is 13.8. The quantitative estimate of drug-likeness (QED) is 0.225. The van der Waals surface area contributed by atoms with E-state index in [1.165, 1.54) is 103 Å². The highest BCUT2D eigenvalue weighted by Crippen LogP contribution is 2.46. The van der Waals surface area contributed by atoms with E-state index >= 15 is 0 Å². The number of nitrogens with one attached hydrogen (secondary N) is 1. The Balaban J connectivity index is 0.944. The molecule has 0 bridgehead atoms. The minimum absolute atomic E-state index is 0.416. The van der Waals surface area contributed by atoms with Crippen molar-refractivity contribution in [3.05, 3.63) is 130 Å². The lowest BCUT2D eigenvalue weighted by Crippen LogP contribution is -2.49. The third kappa shape index (κ3) is 6.68. The summed E-state index contributed by atoms with van der Waals surface area (Å²) >= 11 is 0. The van der Waals surface area contributed by atoms with Gasteiger partial charge < -0.3 is 15.1 Å². The summed E-state index contributed by atoms with van der Waals surface area (Å²) in [5.41, 5.74) is 11.5. The maximum Gasteiger partial charge on any atom is 0.0370 e. The van der Waals surface area contributed by atoms with Crippen molar-refractivity contribution < 1.29 is 0 Å². The lowest BCUT2D eigenvalue weighted by Gasteiger charge is -2.40. The van der Waals surface area contributed by atoms with E-state index in [1.54, 1.807) is 0 Å². The monoisotopic (exact) mass is 598 g/mol. The van der Waals surface area contributed by atoms with Gasteiger partial charge in [-0.1, -0.05) is 72.8 Å². The molecule has 2 atom stereocenters. The molecule has 0 amide bonds. The van der Waals surface area contributed by atoms with Gasteiger partial charge in [0, 0.05) is 69.7 Å². The molecule has 2 aliphatic heterocycles. The van der Waals surface area contributed by atoms with Crippen LogP contribution in [0.1, 0.15) is 64.5 Å². The van der Waals surface area contributed by atoms with Crippen molar-refractivity contribution in [3.63, 3.8) is 0 Å². The number of hydrogen-bond acceptors (Lipinski definition) is 4. The Kier molecular flexibility index (Phi) is 9.23. The van der Waals surface area contributed by atoms with E-state index in [4.69, 9.17) is 0 Å². The molecule has 1 aliphatic carbocycles. The fourth-order valence-corrected chi connectivity index (χ4v) is 8.29. The van der Waals surface area contributed by atoms with Crippen LogP contribution in [0.4, 0.5) is 11.4 Å². The van der Waals surface area contributed by atoms with E-state index < -0.39 is 0 Å². The van der Waals surface area contributed by atoms with Crippen LogP contribution in [0.15, 0.2) is 97.1 Å². The number of anilines is 2. The molecule has 2 saturated heterocycles. The van der Waals surface area contributed by atoms with Gasteiger partial charge in [0.1, 0.15) is 0 Å². The van der Waals surface area contributed by atoms with Gasteiger partial charge in [0.05, 0.1) is 0 Å². The van der Waals surface area contributed by atoms with Crippen LogP contribution in [0.5, 0.6) is 0 Å². The third-order valence-corrected chi connectivity index (χ3v) is 10.9. The smallest absolute Gasteiger partial charge is 0.0370 e. The van der Waals surface area contributed by atoms with Crippen LogP contribution in [0.25, 0.3) is 0 Å². The first-order valence-electron chi connectivity index (χ1n) is 17.4. The number of rotatable bonds is 8. The van der Waals surface area contributed by atoms with Gasteiger partial charge in [-0.15, -0.1) is 0 Å². The lowest BCUT2D eigenvalue weighted by atomic mass is 9.69. The van der Waals surface area contributed by atoms with Gasteiger partial charge in [-0.3, -0.25) is 4.90 Å². The molecule has 0 aromatic heterocycles. The SMILES string of the molecule is CNCc1cc(N2CCN(CC3CCN(c4ccc(C5c6ccccc6CCC5c5ccccc5)cc4)CC3)CC2)ccc1C. The first kappa shape index (κ1) is 30.1. The highest BCUT2D eigenvalue weighted by Gasteiger charge is 2.32. The maximum absolute atomic E-state index is 3.32. The summed E-state index contributed by atoms with van der Waals surface area (Å²) in [7, 11) is 2.03. The topological polar surface area (TPSA) is 21.8 Å². The molecular formula is C41H50N4. The molecule has 1 N–H and O–H groups in total. The Morgan fingerprint density at radius 2 is 1.36 bits per heavy atom. The van der Waals surface area contributed by atoms with E-state index in [9.17, 15) is 0 Å². The molecule has 0 radical (unpaired) electrons. The van der Waals surface area contributed by atoms with Gasteiger partial charge in [-0.25, -0.2) is 0 Å². The standard InChI is InChI=1S/C41H50N4/c1-31-12-16-38(28-36(31)29-42-2)45-26-24-43(25-27-45)30-32-20-22-44(23-21-32)37-17-13-35(14-18-37)41-39-11-7-6-10-34(39)15-19-40(41)33-8-4-3-5-9-33/h3-14,16-18,28,32,40-42H,15,19-27,29-30H2,1-2H3. The largest absolute Gasteiger partial charge is 0.372 e. The molecule has 234 valence electrons. The van der Waals surface area contributed by atoms with Crippen LogP contribution in [0.2, 0.25) is 0 Å². The van der Waals surface area contributed by atoms with E-state index in [0.29, 0.717) is 11.8 Å². The fraction of sp³-hybridized carbons (Fsp3) is 0.415. The first-order chi connectivity index (χ1) is 22.2. The van der Waals surface area contributed by atoms with Crippen LogP contribution < -0.4 is 15.1 Å². The molecule has 3 aliphatic rings. The number of fused-ring (bicyclic) bond motifs is 1. The predicted molar refractivity (Wildman–Crippen MR) is 190 cm³/mol. The van der Waals surface area contributed by atoms with Crippen molar-refractivity contribution in [1.82, 2.24) is 10.2 Å². The predicted octanol–water partition coefficient (Wildman–Crippen LogP) is 7.61. The van der Waals surface area contributed by atoms with E-state index in [0.717, 1.165) is 25.6 Å². The van der Waals surface area contributed by atoms with Gasteiger partial charge in [-0.05, 0) is 109 Å². The molecule has 2 unspecified atom stereocenters. The molecule has 45 heavy (non-hydrogen) atoms. The summed E-state index contributed by atoms with van der Waals surface area (Å²) in [5, 5.41) is 3.32. The first-order valence-corrected chi connectivity index (χ1v) is 17.4. The number of aryl methyl sites for hydroxylation is 2. The normalized spacial score (nSPS) is 21.1. The summed E-state index contributed by atoms with van der Waals surface area (Å²) in [6.45, 7) is 11.3. The van der Waals surface area contributed by atoms with Gasteiger partial charge in [0.25, 0.3) is 0 Å². The number of piperazine rings is 1. The second-order valence-electron chi connectivity index (χ2n) is 13.7. The number of hydrogen-bond donors (Lipinski definition) is 1. The molecule has 7 rings (SSSR count). The van der Waals surface area contributed by atoms with Gasteiger partial charge in [0.2, 0.25) is 0 Å². The van der Waals surface area contributed by atoms with Crippen molar-refractivity contribution >= 4 is 11.4 Å². The van der Waals surface area contributed by atoms with Crippen molar-refractivity contribution in [2.24, 2.45) is 5.92 Å². The minimum atomic E-state index is 0.416. The van der Waals surface area contributed by atoms with E-state index in [-0.39, 0.29) is 0 Å². The summed E-state index contributed by atoms with van der Waals surface area (Å²) in [6.07, 6.45) is 4.96. The van der Waals surface area contributed by atoms with Gasteiger partial charge in [-0.2, -0.15) is 0 Å².